The fourth-order valence-corrected chi connectivity index (χ4v) is 4.14. The molecule has 2 aliphatic heterocycles. The van der Waals surface area contributed by atoms with Crippen molar-refractivity contribution in [3.63, 3.8) is 0 Å². The van der Waals surface area contributed by atoms with E-state index in [0.717, 1.165) is 44.0 Å². The second kappa shape index (κ2) is 8.73. The zero-order chi connectivity index (χ0) is 17.6. The van der Waals surface area contributed by atoms with Crippen LogP contribution in [0.3, 0.4) is 0 Å². The number of hydrogen-bond donors (Lipinski definition) is 1. The highest BCUT2D eigenvalue weighted by molar-refractivity contribution is 7.09. The number of aromatic nitrogens is 1. The van der Waals surface area contributed by atoms with Gasteiger partial charge in [0, 0.05) is 51.1 Å². The molecule has 7 nitrogen and oxygen atoms in total. The predicted molar refractivity (Wildman–Crippen MR) is 97.6 cm³/mol. The van der Waals surface area contributed by atoms with Crippen molar-refractivity contribution in [2.75, 3.05) is 52.4 Å². The number of carbonyl (C=O) groups excluding carboxylic acids is 2. The smallest absolute Gasteiger partial charge is 0.273 e. The van der Waals surface area contributed by atoms with E-state index in [1.54, 1.807) is 0 Å². The van der Waals surface area contributed by atoms with Gasteiger partial charge >= 0.3 is 0 Å². The van der Waals surface area contributed by atoms with E-state index in [1.165, 1.54) is 17.8 Å². The van der Waals surface area contributed by atoms with Crippen molar-refractivity contribution in [3.05, 3.63) is 16.1 Å². The van der Waals surface area contributed by atoms with Crippen molar-refractivity contribution in [1.29, 1.82) is 0 Å². The molecule has 2 saturated heterocycles. The van der Waals surface area contributed by atoms with Crippen LogP contribution in [0.5, 0.6) is 0 Å². The highest BCUT2D eigenvalue weighted by Crippen LogP contribution is 2.14. The summed E-state index contributed by atoms with van der Waals surface area (Å²) in [4.78, 5) is 35.2. The maximum absolute atomic E-state index is 12.5. The summed E-state index contributed by atoms with van der Waals surface area (Å²) in [6.07, 6.45) is 4.18. The van der Waals surface area contributed by atoms with Gasteiger partial charge in [0.1, 0.15) is 5.69 Å². The van der Waals surface area contributed by atoms with Crippen LogP contribution in [0.15, 0.2) is 5.38 Å². The summed E-state index contributed by atoms with van der Waals surface area (Å²) in [6, 6.07) is 0. The summed E-state index contributed by atoms with van der Waals surface area (Å²) in [6.45, 7) is 5.59. The van der Waals surface area contributed by atoms with Crippen LogP contribution in [-0.2, 0) is 11.2 Å². The van der Waals surface area contributed by atoms with Crippen molar-refractivity contribution in [1.82, 2.24) is 19.7 Å². The largest absolute Gasteiger partial charge is 0.342 e. The van der Waals surface area contributed by atoms with Crippen LogP contribution in [-0.4, -0.2) is 83.9 Å². The molecule has 0 spiro atoms. The van der Waals surface area contributed by atoms with Gasteiger partial charge in [-0.3, -0.25) is 14.5 Å². The molecule has 0 unspecified atom stereocenters. The molecule has 2 fully saturated rings. The molecular formula is C17H27N5O2S. The van der Waals surface area contributed by atoms with Gasteiger partial charge in [-0.15, -0.1) is 11.3 Å². The number of piperazine rings is 1. The lowest BCUT2D eigenvalue weighted by Gasteiger charge is -2.35. The average molecular weight is 366 g/mol. The van der Waals surface area contributed by atoms with Crippen molar-refractivity contribution < 1.29 is 9.59 Å². The van der Waals surface area contributed by atoms with E-state index in [0.29, 0.717) is 38.3 Å². The standard InChI is InChI=1S/C17H27N5O2S/c18-5-4-15-19-14(13-25-15)17(24)22-10-8-20(9-11-22)12-16(23)21-6-2-1-3-7-21/h13H,1-12,18H2. The van der Waals surface area contributed by atoms with Gasteiger partial charge in [-0.05, 0) is 25.8 Å². The van der Waals surface area contributed by atoms with Gasteiger partial charge in [0.2, 0.25) is 5.91 Å². The Morgan fingerprint density at radius 2 is 1.76 bits per heavy atom. The summed E-state index contributed by atoms with van der Waals surface area (Å²) in [7, 11) is 0. The van der Waals surface area contributed by atoms with Crippen LogP contribution >= 0.6 is 11.3 Å². The van der Waals surface area contributed by atoms with Gasteiger partial charge in [-0.25, -0.2) is 4.98 Å². The molecular weight excluding hydrogens is 338 g/mol. The van der Waals surface area contributed by atoms with Gasteiger partial charge in [0.15, 0.2) is 0 Å². The minimum atomic E-state index is -0.0125. The molecule has 0 aromatic carbocycles. The number of hydrogen-bond acceptors (Lipinski definition) is 6. The topological polar surface area (TPSA) is 82.8 Å². The highest BCUT2D eigenvalue weighted by Gasteiger charge is 2.26. The summed E-state index contributed by atoms with van der Waals surface area (Å²) in [5.41, 5.74) is 6.05. The van der Waals surface area contributed by atoms with Crippen LogP contribution in [0.1, 0.15) is 34.8 Å². The fraction of sp³-hybridized carbons (Fsp3) is 0.706. The van der Waals surface area contributed by atoms with Gasteiger partial charge in [-0.1, -0.05) is 0 Å². The molecule has 3 heterocycles. The van der Waals surface area contributed by atoms with Crippen molar-refractivity contribution in [2.45, 2.75) is 25.7 Å². The van der Waals surface area contributed by atoms with Crippen LogP contribution in [0, 0.1) is 0 Å². The van der Waals surface area contributed by atoms with E-state index in [2.05, 4.69) is 9.88 Å². The fourth-order valence-electron chi connectivity index (χ4n) is 3.35. The van der Waals surface area contributed by atoms with E-state index in [4.69, 9.17) is 5.73 Å². The molecule has 0 bridgehead atoms. The maximum atomic E-state index is 12.5. The molecule has 25 heavy (non-hydrogen) atoms. The summed E-state index contributed by atoms with van der Waals surface area (Å²) < 4.78 is 0. The van der Waals surface area contributed by atoms with Gasteiger partial charge in [0.05, 0.1) is 11.6 Å². The van der Waals surface area contributed by atoms with Crippen LogP contribution in [0.2, 0.25) is 0 Å². The zero-order valence-corrected chi connectivity index (χ0v) is 15.5. The van der Waals surface area contributed by atoms with E-state index in [1.807, 2.05) is 15.2 Å². The molecule has 1 aromatic rings. The number of amides is 2. The predicted octanol–water partition coefficient (Wildman–Crippen LogP) is 0.415. The lowest BCUT2D eigenvalue weighted by atomic mass is 10.1. The van der Waals surface area contributed by atoms with E-state index in [-0.39, 0.29) is 11.8 Å². The Labute approximate surface area is 152 Å². The molecule has 1 aromatic heterocycles. The lowest BCUT2D eigenvalue weighted by Crippen LogP contribution is -2.52. The highest BCUT2D eigenvalue weighted by atomic mass is 32.1. The van der Waals surface area contributed by atoms with Gasteiger partial charge < -0.3 is 15.5 Å². The van der Waals surface area contributed by atoms with Crippen LogP contribution < -0.4 is 5.73 Å². The third kappa shape index (κ3) is 4.77. The lowest BCUT2D eigenvalue weighted by molar-refractivity contribution is -0.133. The molecule has 138 valence electrons. The summed E-state index contributed by atoms with van der Waals surface area (Å²) in [5, 5.41) is 2.73. The number of rotatable bonds is 5. The zero-order valence-electron chi connectivity index (χ0n) is 14.7. The third-order valence-electron chi connectivity index (χ3n) is 4.86. The van der Waals surface area contributed by atoms with E-state index in [9.17, 15) is 9.59 Å². The number of nitrogens with two attached hydrogens (primary N) is 1. The second-order valence-corrected chi connectivity index (χ2v) is 7.62. The first kappa shape index (κ1) is 18.3. The maximum Gasteiger partial charge on any atom is 0.273 e. The van der Waals surface area contributed by atoms with Gasteiger partial charge in [-0.2, -0.15) is 0 Å². The Morgan fingerprint density at radius 3 is 2.44 bits per heavy atom. The van der Waals surface area contributed by atoms with Crippen LogP contribution in [0.4, 0.5) is 0 Å². The monoisotopic (exact) mass is 365 g/mol. The Balaban J connectivity index is 1.46. The van der Waals surface area contributed by atoms with Crippen molar-refractivity contribution in [3.8, 4) is 0 Å². The van der Waals surface area contributed by atoms with Crippen molar-refractivity contribution in [2.24, 2.45) is 5.73 Å². The second-order valence-electron chi connectivity index (χ2n) is 6.67. The molecule has 8 heteroatoms. The average Bonchev–Trinajstić information content (AvgIpc) is 3.11. The van der Waals surface area contributed by atoms with Crippen molar-refractivity contribution >= 4 is 23.2 Å². The molecule has 0 saturated carbocycles. The molecule has 0 radical (unpaired) electrons. The number of likely N-dealkylation sites (tertiary alicyclic amines) is 1. The number of nitrogens with zero attached hydrogens (tertiary/aromatic N) is 4. The normalized spacial score (nSPS) is 19.2. The Hall–Kier alpha value is -1.51. The summed E-state index contributed by atoms with van der Waals surface area (Å²) >= 11 is 1.49. The number of thiazole rings is 1. The quantitative estimate of drug-likeness (QED) is 0.817. The molecule has 2 N–H and O–H groups in total. The minimum absolute atomic E-state index is 0.0125. The first-order chi connectivity index (χ1) is 12.2. The first-order valence-electron chi connectivity index (χ1n) is 9.11. The molecule has 0 aliphatic carbocycles. The Morgan fingerprint density at radius 1 is 1.04 bits per heavy atom. The molecule has 0 atom stereocenters. The van der Waals surface area contributed by atoms with Crippen LogP contribution in [0.25, 0.3) is 0 Å². The molecule has 2 aliphatic rings. The van der Waals surface area contributed by atoms with E-state index >= 15 is 0 Å². The number of piperidine rings is 1. The molecule has 2 amide bonds. The van der Waals surface area contributed by atoms with E-state index < -0.39 is 0 Å². The third-order valence-corrected chi connectivity index (χ3v) is 5.76. The Kier molecular flexibility index (Phi) is 6.39. The summed E-state index contributed by atoms with van der Waals surface area (Å²) in [5.74, 6) is 0.215. The minimum Gasteiger partial charge on any atom is -0.342 e. The first-order valence-corrected chi connectivity index (χ1v) is 9.99. The Bertz CT molecular complexity index is 592. The molecule has 3 rings (SSSR count). The SMILES string of the molecule is NCCc1nc(C(=O)N2CCN(CC(=O)N3CCCCC3)CC2)cs1. The van der Waals surface area contributed by atoms with Gasteiger partial charge in [0.25, 0.3) is 5.91 Å². The number of carbonyl (C=O) groups is 2.